The summed E-state index contributed by atoms with van der Waals surface area (Å²) in [7, 11) is 0. The number of aromatic nitrogens is 2. The first kappa shape index (κ1) is 13.5. The molecule has 0 spiro atoms. The van der Waals surface area contributed by atoms with Crippen molar-refractivity contribution in [3.05, 3.63) is 42.1 Å². The normalized spacial score (nSPS) is 26.8. The van der Waals surface area contributed by atoms with Crippen molar-refractivity contribution in [1.29, 1.82) is 0 Å². The van der Waals surface area contributed by atoms with Crippen LogP contribution in [-0.2, 0) is 0 Å². The van der Waals surface area contributed by atoms with E-state index in [0.29, 0.717) is 17.6 Å². The first-order chi connectivity index (χ1) is 10.8. The summed E-state index contributed by atoms with van der Waals surface area (Å²) in [5.41, 5.74) is 2.39. The summed E-state index contributed by atoms with van der Waals surface area (Å²) in [6, 6.07) is 11.3. The zero-order valence-corrected chi connectivity index (χ0v) is 12.4. The first-order valence-corrected chi connectivity index (χ1v) is 7.95. The predicted octanol–water partition coefficient (Wildman–Crippen LogP) is 2.09. The molecule has 1 amide bonds. The molecule has 1 aromatic carbocycles. The fraction of sp³-hybridized carbons (Fsp3) is 0.412. The third-order valence-electron chi connectivity index (χ3n) is 4.75. The van der Waals surface area contributed by atoms with Gasteiger partial charge in [0.15, 0.2) is 0 Å². The van der Waals surface area contributed by atoms with Crippen molar-refractivity contribution in [2.24, 2.45) is 0 Å². The van der Waals surface area contributed by atoms with Crippen molar-refractivity contribution >= 4 is 5.91 Å². The predicted molar refractivity (Wildman–Crippen MR) is 84.5 cm³/mol. The molecule has 2 aliphatic heterocycles. The highest BCUT2D eigenvalue weighted by molar-refractivity contribution is 5.99. The van der Waals surface area contributed by atoms with Gasteiger partial charge in [-0.1, -0.05) is 30.3 Å². The zero-order chi connectivity index (χ0) is 14.9. The van der Waals surface area contributed by atoms with Gasteiger partial charge in [0.2, 0.25) is 0 Å². The molecule has 4 rings (SSSR count). The number of fused-ring (bicyclic) bond motifs is 2. The third-order valence-corrected chi connectivity index (χ3v) is 4.75. The Balaban J connectivity index is 1.51. The lowest BCUT2D eigenvalue weighted by Gasteiger charge is -2.29. The largest absolute Gasteiger partial charge is 0.349 e. The molecule has 1 aromatic heterocycles. The summed E-state index contributed by atoms with van der Waals surface area (Å²) in [4.78, 5) is 12.6. The molecule has 2 atom stereocenters. The molecule has 0 saturated carbocycles. The van der Waals surface area contributed by atoms with Crippen molar-refractivity contribution in [3.63, 3.8) is 0 Å². The number of carbonyl (C=O) groups is 1. The SMILES string of the molecule is O=C(NC1CC2CCC(C1)N2)c1cn[nH]c1-c1ccccc1. The van der Waals surface area contributed by atoms with Crippen molar-refractivity contribution in [1.82, 2.24) is 20.8 Å². The Kier molecular flexibility index (Phi) is 3.42. The second-order valence-electron chi connectivity index (χ2n) is 6.30. The minimum absolute atomic E-state index is 0.0288. The van der Waals surface area contributed by atoms with E-state index in [0.717, 1.165) is 24.1 Å². The van der Waals surface area contributed by atoms with E-state index in [4.69, 9.17) is 0 Å². The van der Waals surface area contributed by atoms with E-state index in [1.54, 1.807) is 6.20 Å². The summed E-state index contributed by atoms with van der Waals surface area (Å²) < 4.78 is 0. The molecule has 2 unspecified atom stereocenters. The molecule has 2 aromatic rings. The van der Waals surface area contributed by atoms with E-state index in [-0.39, 0.29) is 11.9 Å². The van der Waals surface area contributed by atoms with Crippen LogP contribution in [0.3, 0.4) is 0 Å². The van der Waals surface area contributed by atoms with Gasteiger partial charge < -0.3 is 10.6 Å². The van der Waals surface area contributed by atoms with Crippen LogP contribution in [0.1, 0.15) is 36.0 Å². The van der Waals surface area contributed by atoms with Crippen molar-refractivity contribution in [3.8, 4) is 11.3 Å². The van der Waals surface area contributed by atoms with Crippen LogP contribution in [-0.4, -0.2) is 34.2 Å². The lowest BCUT2D eigenvalue weighted by Crippen LogP contribution is -2.48. The quantitative estimate of drug-likeness (QED) is 0.812. The molecule has 2 aliphatic rings. The number of aromatic amines is 1. The summed E-state index contributed by atoms with van der Waals surface area (Å²) in [5, 5.41) is 13.8. The van der Waals surface area contributed by atoms with Gasteiger partial charge >= 0.3 is 0 Å². The maximum atomic E-state index is 12.6. The van der Waals surface area contributed by atoms with Gasteiger partial charge in [-0.3, -0.25) is 9.89 Å². The fourth-order valence-corrected chi connectivity index (χ4v) is 3.72. The number of hydrogen-bond acceptors (Lipinski definition) is 3. The van der Waals surface area contributed by atoms with Crippen LogP contribution in [0.2, 0.25) is 0 Å². The fourth-order valence-electron chi connectivity index (χ4n) is 3.72. The van der Waals surface area contributed by atoms with Crippen molar-refractivity contribution in [2.75, 3.05) is 0 Å². The Morgan fingerprint density at radius 2 is 1.86 bits per heavy atom. The summed E-state index contributed by atoms with van der Waals surface area (Å²) in [5.74, 6) is -0.0288. The Hall–Kier alpha value is -2.14. The molecule has 5 nitrogen and oxygen atoms in total. The average molecular weight is 296 g/mol. The highest BCUT2D eigenvalue weighted by atomic mass is 16.1. The Bertz CT molecular complexity index is 654. The Morgan fingerprint density at radius 1 is 1.14 bits per heavy atom. The summed E-state index contributed by atoms with van der Waals surface area (Å²) in [6.45, 7) is 0. The Morgan fingerprint density at radius 3 is 2.59 bits per heavy atom. The second kappa shape index (κ2) is 5.57. The standard InChI is InChI=1S/C17H20N4O/c22-17(20-14-8-12-6-7-13(9-14)19-12)15-10-18-21-16(15)11-4-2-1-3-5-11/h1-5,10,12-14,19H,6-9H2,(H,18,21)(H,20,22). The molecule has 0 aliphatic carbocycles. The minimum Gasteiger partial charge on any atom is -0.349 e. The lowest BCUT2D eigenvalue weighted by molar-refractivity contribution is 0.0924. The van der Waals surface area contributed by atoms with E-state index >= 15 is 0 Å². The highest BCUT2D eigenvalue weighted by Gasteiger charge is 2.34. The van der Waals surface area contributed by atoms with Gasteiger partial charge in [0, 0.05) is 23.7 Å². The van der Waals surface area contributed by atoms with E-state index in [1.165, 1.54) is 12.8 Å². The lowest BCUT2D eigenvalue weighted by atomic mass is 9.99. The van der Waals surface area contributed by atoms with E-state index in [2.05, 4.69) is 20.8 Å². The maximum absolute atomic E-state index is 12.6. The van der Waals surface area contributed by atoms with E-state index in [1.807, 2.05) is 30.3 Å². The van der Waals surface area contributed by atoms with Gasteiger partial charge in [0.1, 0.15) is 0 Å². The topological polar surface area (TPSA) is 69.8 Å². The molecule has 2 fully saturated rings. The number of amides is 1. The van der Waals surface area contributed by atoms with Crippen LogP contribution in [0.4, 0.5) is 0 Å². The number of H-pyrrole nitrogens is 1. The Labute approximate surface area is 129 Å². The van der Waals surface area contributed by atoms with Crippen molar-refractivity contribution < 1.29 is 4.79 Å². The molecule has 2 bridgehead atoms. The van der Waals surface area contributed by atoms with Gasteiger partial charge in [0.05, 0.1) is 17.5 Å². The smallest absolute Gasteiger partial charge is 0.255 e. The van der Waals surface area contributed by atoms with Gasteiger partial charge in [-0.15, -0.1) is 0 Å². The zero-order valence-electron chi connectivity index (χ0n) is 12.4. The summed E-state index contributed by atoms with van der Waals surface area (Å²) >= 11 is 0. The van der Waals surface area contributed by atoms with Gasteiger partial charge in [0.25, 0.3) is 5.91 Å². The number of rotatable bonds is 3. The number of benzene rings is 1. The number of carbonyl (C=O) groups excluding carboxylic acids is 1. The second-order valence-corrected chi connectivity index (χ2v) is 6.30. The maximum Gasteiger partial charge on any atom is 0.255 e. The van der Waals surface area contributed by atoms with Crippen molar-refractivity contribution in [2.45, 2.75) is 43.8 Å². The van der Waals surface area contributed by atoms with Crippen LogP contribution >= 0.6 is 0 Å². The van der Waals surface area contributed by atoms with Crippen LogP contribution in [0, 0.1) is 0 Å². The molecule has 22 heavy (non-hydrogen) atoms. The first-order valence-electron chi connectivity index (χ1n) is 7.95. The van der Waals surface area contributed by atoms with E-state index < -0.39 is 0 Å². The van der Waals surface area contributed by atoms with E-state index in [9.17, 15) is 4.79 Å². The molecule has 0 radical (unpaired) electrons. The number of piperidine rings is 1. The molecular weight excluding hydrogens is 276 g/mol. The monoisotopic (exact) mass is 296 g/mol. The number of hydrogen-bond donors (Lipinski definition) is 3. The van der Waals surface area contributed by atoms with Gasteiger partial charge in [-0.2, -0.15) is 5.10 Å². The van der Waals surface area contributed by atoms with Crippen LogP contribution in [0.15, 0.2) is 36.5 Å². The third kappa shape index (κ3) is 2.52. The van der Waals surface area contributed by atoms with Gasteiger partial charge in [-0.25, -0.2) is 0 Å². The average Bonchev–Trinajstić information content (AvgIpc) is 3.15. The van der Waals surface area contributed by atoms with Crippen LogP contribution < -0.4 is 10.6 Å². The molecule has 3 heterocycles. The highest BCUT2D eigenvalue weighted by Crippen LogP contribution is 2.27. The van der Waals surface area contributed by atoms with Crippen LogP contribution in [0.25, 0.3) is 11.3 Å². The van der Waals surface area contributed by atoms with Crippen LogP contribution in [0.5, 0.6) is 0 Å². The molecule has 114 valence electrons. The molecular formula is C17H20N4O. The number of nitrogens with zero attached hydrogens (tertiary/aromatic N) is 1. The molecule has 5 heteroatoms. The molecule has 3 N–H and O–H groups in total. The number of nitrogens with one attached hydrogen (secondary N) is 3. The summed E-state index contributed by atoms with van der Waals surface area (Å²) in [6.07, 6.45) is 6.14. The van der Waals surface area contributed by atoms with Gasteiger partial charge in [-0.05, 0) is 25.7 Å². The molecule has 2 saturated heterocycles. The minimum atomic E-state index is -0.0288.